The van der Waals surface area contributed by atoms with Crippen LogP contribution in [-0.2, 0) is 0 Å². The van der Waals surface area contributed by atoms with Gasteiger partial charge in [-0.15, -0.1) is 0 Å². The lowest BCUT2D eigenvalue weighted by molar-refractivity contribution is 0.0170. The average Bonchev–Trinajstić information content (AvgIpc) is 2.16. The van der Waals surface area contributed by atoms with Gasteiger partial charge in [0.2, 0.25) is 0 Å². The SMILES string of the molecule is CCCC(C)CC(CO)(CO)CC(C)C. The van der Waals surface area contributed by atoms with Crippen LogP contribution in [-0.4, -0.2) is 23.4 Å². The molecule has 2 nitrogen and oxygen atoms in total. The van der Waals surface area contributed by atoms with Crippen molar-refractivity contribution in [2.45, 2.75) is 53.4 Å². The first-order valence-corrected chi connectivity index (χ1v) is 6.21. The van der Waals surface area contributed by atoms with Gasteiger partial charge >= 0.3 is 0 Å². The van der Waals surface area contributed by atoms with E-state index in [1.54, 1.807) is 0 Å². The molecule has 0 aliphatic carbocycles. The topological polar surface area (TPSA) is 40.5 Å². The van der Waals surface area contributed by atoms with E-state index in [1.807, 2.05) is 0 Å². The molecule has 0 saturated heterocycles. The lowest BCUT2D eigenvalue weighted by Gasteiger charge is -2.34. The van der Waals surface area contributed by atoms with Gasteiger partial charge in [0.05, 0.1) is 13.2 Å². The molecule has 1 atom stereocenters. The van der Waals surface area contributed by atoms with Crippen molar-refractivity contribution in [1.82, 2.24) is 0 Å². The predicted molar refractivity (Wildman–Crippen MR) is 64.7 cm³/mol. The molecule has 0 heterocycles. The Labute approximate surface area is 94.7 Å². The highest BCUT2D eigenvalue weighted by molar-refractivity contribution is 4.81. The van der Waals surface area contributed by atoms with Crippen LogP contribution in [0.2, 0.25) is 0 Å². The highest BCUT2D eigenvalue weighted by atomic mass is 16.3. The standard InChI is InChI=1S/C13H28O2/c1-5-6-12(4)8-13(9-14,10-15)7-11(2)3/h11-12,14-15H,5-10H2,1-4H3. The largest absolute Gasteiger partial charge is 0.396 e. The smallest absolute Gasteiger partial charge is 0.0509 e. The Hall–Kier alpha value is -0.0800. The van der Waals surface area contributed by atoms with Crippen molar-refractivity contribution in [3.8, 4) is 0 Å². The fourth-order valence-corrected chi connectivity index (χ4v) is 2.59. The zero-order chi connectivity index (χ0) is 11.9. The van der Waals surface area contributed by atoms with Crippen LogP contribution in [0.5, 0.6) is 0 Å². The Morgan fingerprint density at radius 1 is 1.00 bits per heavy atom. The van der Waals surface area contributed by atoms with Gasteiger partial charge in [-0.25, -0.2) is 0 Å². The van der Waals surface area contributed by atoms with Crippen molar-refractivity contribution in [3.63, 3.8) is 0 Å². The Kier molecular flexibility index (Phi) is 7.20. The first-order chi connectivity index (χ1) is 6.99. The molecule has 0 aliphatic rings. The van der Waals surface area contributed by atoms with Gasteiger partial charge in [-0.05, 0) is 24.7 Å². The maximum atomic E-state index is 9.48. The van der Waals surface area contributed by atoms with Crippen molar-refractivity contribution in [3.05, 3.63) is 0 Å². The van der Waals surface area contributed by atoms with Gasteiger partial charge in [-0.1, -0.05) is 40.5 Å². The molecule has 0 rings (SSSR count). The van der Waals surface area contributed by atoms with Crippen molar-refractivity contribution < 1.29 is 10.2 Å². The summed E-state index contributed by atoms with van der Waals surface area (Å²) in [6.07, 6.45) is 4.20. The molecule has 2 heteroatoms. The molecule has 0 amide bonds. The van der Waals surface area contributed by atoms with E-state index in [0.29, 0.717) is 11.8 Å². The van der Waals surface area contributed by atoms with E-state index in [4.69, 9.17) is 0 Å². The zero-order valence-electron chi connectivity index (χ0n) is 10.8. The molecule has 0 saturated carbocycles. The van der Waals surface area contributed by atoms with Gasteiger partial charge in [0, 0.05) is 5.41 Å². The second kappa shape index (κ2) is 7.24. The fraction of sp³-hybridized carbons (Fsp3) is 1.00. The summed E-state index contributed by atoms with van der Waals surface area (Å²) >= 11 is 0. The highest BCUT2D eigenvalue weighted by Crippen LogP contribution is 2.34. The highest BCUT2D eigenvalue weighted by Gasteiger charge is 2.31. The second-order valence-electron chi connectivity index (χ2n) is 5.51. The van der Waals surface area contributed by atoms with Gasteiger partial charge in [0.15, 0.2) is 0 Å². The summed E-state index contributed by atoms with van der Waals surface area (Å²) in [6.45, 7) is 8.89. The summed E-state index contributed by atoms with van der Waals surface area (Å²) in [7, 11) is 0. The van der Waals surface area contributed by atoms with Gasteiger partial charge < -0.3 is 10.2 Å². The van der Waals surface area contributed by atoms with Crippen LogP contribution in [0.25, 0.3) is 0 Å². The van der Waals surface area contributed by atoms with E-state index in [0.717, 1.165) is 12.8 Å². The summed E-state index contributed by atoms with van der Waals surface area (Å²) in [5.74, 6) is 1.12. The molecule has 0 aliphatic heterocycles. The molecule has 0 radical (unpaired) electrons. The Morgan fingerprint density at radius 3 is 1.87 bits per heavy atom. The van der Waals surface area contributed by atoms with Gasteiger partial charge in [0.25, 0.3) is 0 Å². The van der Waals surface area contributed by atoms with E-state index < -0.39 is 0 Å². The van der Waals surface area contributed by atoms with Crippen LogP contribution in [0, 0.1) is 17.3 Å². The molecule has 0 aromatic carbocycles. The summed E-state index contributed by atoms with van der Waals surface area (Å²) in [6, 6.07) is 0. The molecule has 0 aromatic rings. The molecule has 1 unspecified atom stereocenters. The molecular formula is C13H28O2. The molecule has 2 N–H and O–H groups in total. The molecule has 0 fully saturated rings. The maximum Gasteiger partial charge on any atom is 0.0509 e. The third-order valence-corrected chi connectivity index (χ3v) is 3.08. The second-order valence-corrected chi connectivity index (χ2v) is 5.51. The van der Waals surface area contributed by atoms with E-state index in [9.17, 15) is 10.2 Å². The Morgan fingerprint density at radius 2 is 1.53 bits per heavy atom. The first kappa shape index (κ1) is 14.9. The molecule has 15 heavy (non-hydrogen) atoms. The van der Waals surface area contributed by atoms with Gasteiger partial charge in [-0.3, -0.25) is 0 Å². The van der Waals surface area contributed by atoms with Crippen LogP contribution in [0.4, 0.5) is 0 Å². The predicted octanol–water partition coefficient (Wildman–Crippen LogP) is 2.83. The normalized spacial score (nSPS) is 14.6. The lowest BCUT2D eigenvalue weighted by atomic mass is 9.74. The van der Waals surface area contributed by atoms with E-state index in [-0.39, 0.29) is 18.6 Å². The molecule has 0 bridgehead atoms. The minimum absolute atomic E-state index is 0.107. The average molecular weight is 216 g/mol. The molecule has 0 spiro atoms. The minimum Gasteiger partial charge on any atom is -0.396 e. The van der Waals surface area contributed by atoms with Crippen LogP contribution >= 0.6 is 0 Å². The third kappa shape index (κ3) is 5.53. The molecule has 0 aromatic heterocycles. The number of aliphatic hydroxyl groups excluding tert-OH is 2. The molecule has 92 valence electrons. The number of hydrogen-bond acceptors (Lipinski definition) is 2. The quantitative estimate of drug-likeness (QED) is 0.655. The van der Waals surface area contributed by atoms with E-state index in [2.05, 4.69) is 27.7 Å². The number of rotatable bonds is 8. The first-order valence-electron chi connectivity index (χ1n) is 6.21. The van der Waals surface area contributed by atoms with E-state index >= 15 is 0 Å². The van der Waals surface area contributed by atoms with Crippen molar-refractivity contribution >= 4 is 0 Å². The third-order valence-electron chi connectivity index (χ3n) is 3.08. The van der Waals surface area contributed by atoms with Crippen LogP contribution < -0.4 is 0 Å². The fourth-order valence-electron chi connectivity index (χ4n) is 2.59. The lowest BCUT2D eigenvalue weighted by Crippen LogP contribution is -2.33. The van der Waals surface area contributed by atoms with Crippen molar-refractivity contribution in [2.75, 3.05) is 13.2 Å². The number of hydrogen-bond donors (Lipinski definition) is 2. The minimum atomic E-state index is -0.261. The summed E-state index contributed by atoms with van der Waals surface area (Å²) in [5.41, 5.74) is -0.261. The summed E-state index contributed by atoms with van der Waals surface area (Å²) < 4.78 is 0. The van der Waals surface area contributed by atoms with Gasteiger partial charge in [0.1, 0.15) is 0 Å². The van der Waals surface area contributed by atoms with Crippen molar-refractivity contribution in [1.29, 1.82) is 0 Å². The van der Waals surface area contributed by atoms with Crippen LogP contribution in [0.1, 0.15) is 53.4 Å². The Balaban J connectivity index is 4.34. The number of aliphatic hydroxyl groups is 2. The summed E-state index contributed by atoms with van der Waals surface area (Å²) in [5, 5.41) is 19.0. The maximum absolute atomic E-state index is 9.48. The zero-order valence-corrected chi connectivity index (χ0v) is 10.8. The Bertz CT molecular complexity index is 151. The summed E-state index contributed by atoms with van der Waals surface area (Å²) in [4.78, 5) is 0. The molecular weight excluding hydrogens is 188 g/mol. The van der Waals surface area contributed by atoms with Gasteiger partial charge in [-0.2, -0.15) is 0 Å². The van der Waals surface area contributed by atoms with E-state index in [1.165, 1.54) is 12.8 Å². The van der Waals surface area contributed by atoms with Crippen LogP contribution in [0.3, 0.4) is 0 Å². The van der Waals surface area contributed by atoms with Crippen molar-refractivity contribution in [2.24, 2.45) is 17.3 Å². The van der Waals surface area contributed by atoms with Crippen LogP contribution in [0.15, 0.2) is 0 Å². The monoisotopic (exact) mass is 216 g/mol.